The van der Waals surface area contributed by atoms with Gasteiger partial charge in [0.2, 0.25) is 5.95 Å². The summed E-state index contributed by atoms with van der Waals surface area (Å²) in [6.45, 7) is 4.83. The molecule has 0 saturated heterocycles. The topological polar surface area (TPSA) is 73.8 Å². The fourth-order valence-electron chi connectivity index (χ4n) is 2.72. The Balaban J connectivity index is 2.14. The molecule has 0 fully saturated rings. The standard InChI is InChI=1S/C18H20N4O/c1-3-4-8-22-9-7-12(2)16(17(22)23)13-5-6-15-14(10-13)11-20-18(19)21-15/h5-7,9-11H,3-4,8H2,1-2H3,(H2,19,20,21). The van der Waals surface area contributed by atoms with Gasteiger partial charge in [-0.25, -0.2) is 9.97 Å². The van der Waals surface area contributed by atoms with Crippen molar-refractivity contribution in [3.63, 3.8) is 0 Å². The first kappa shape index (κ1) is 15.2. The molecule has 2 aromatic heterocycles. The van der Waals surface area contributed by atoms with Crippen LogP contribution in [0.5, 0.6) is 0 Å². The molecule has 0 unspecified atom stereocenters. The van der Waals surface area contributed by atoms with Crippen LogP contribution in [-0.4, -0.2) is 14.5 Å². The molecule has 0 amide bonds. The van der Waals surface area contributed by atoms with Gasteiger partial charge < -0.3 is 10.3 Å². The minimum atomic E-state index is 0.0502. The first-order valence-corrected chi connectivity index (χ1v) is 7.83. The van der Waals surface area contributed by atoms with E-state index in [2.05, 4.69) is 16.9 Å². The second-order valence-corrected chi connectivity index (χ2v) is 5.73. The Labute approximate surface area is 134 Å². The zero-order valence-corrected chi connectivity index (χ0v) is 13.4. The van der Waals surface area contributed by atoms with Crippen LogP contribution < -0.4 is 11.3 Å². The first-order valence-electron chi connectivity index (χ1n) is 7.83. The second-order valence-electron chi connectivity index (χ2n) is 5.73. The lowest BCUT2D eigenvalue weighted by molar-refractivity contribution is 0.613. The summed E-state index contributed by atoms with van der Waals surface area (Å²) < 4.78 is 1.79. The van der Waals surface area contributed by atoms with Gasteiger partial charge in [-0.1, -0.05) is 19.4 Å². The average molecular weight is 308 g/mol. The van der Waals surface area contributed by atoms with Crippen molar-refractivity contribution in [1.29, 1.82) is 0 Å². The molecule has 1 aromatic carbocycles. The third-order valence-corrected chi connectivity index (χ3v) is 4.01. The molecule has 0 saturated carbocycles. The molecule has 118 valence electrons. The van der Waals surface area contributed by atoms with E-state index in [1.54, 1.807) is 10.8 Å². The van der Waals surface area contributed by atoms with Crippen molar-refractivity contribution in [2.75, 3.05) is 5.73 Å². The Bertz CT molecular complexity index is 915. The number of aromatic nitrogens is 3. The first-order chi connectivity index (χ1) is 11.1. The van der Waals surface area contributed by atoms with Gasteiger partial charge in [-0.3, -0.25) is 4.79 Å². The van der Waals surface area contributed by atoms with Crippen molar-refractivity contribution in [1.82, 2.24) is 14.5 Å². The number of rotatable bonds is 4. The van der Waals surface area contributed by atoms with E-state index in [0.717, 1.165) is 47.0 Å². The normalized spacial score (nSPS) is 11.0. The van der Waals surface area contributed by atoms with Crippen LogP contribution in [0.1, 0.15) is 25.3 Å². The van der Waals surface area contributed by atoms with Crippen molar-refractivity contribution in [2.24, 2.45) is 0 Å². The number of nitrogens with zero attached hydrogens (tertiary/aromatic N) is 3. The lowest BCUT2D eigenvalue weighted by atomic mass is 10.0. The Morgan fingerprint density at radius 2 is 2.09 bits per heavy atom. The zero-order valence-electron chi connectivity index (χ0n) is 13.4. The van der Waals surface area contributed by atoms with Crippen LogP contribution in [0.3, 0.4) is 0 Å². The minimum absolute atomic E-state index is 0.0502. The highest BCUT2D eigenvalue weighted by Gasteiger charge is 2.11. The van der Waals surface area contributed by atoms with Gasteiger partial charge in [-0.15, -0.1) is 0 Å². The van der Waals surface area contributed by atoms with Crippen LogP contribution in [0.25, 0.3) is 22.0 Å². The maximum absolute atomic E-state index is 12.8. The summed E-state index contributed by atoms with van der Waals surface area (Å²) in [5, 5.41) is 0.875. The number of nitrogen functional groups attached to an aromatic ring is 1. The summed E-state index contributed by atoms with van der Waals surface area (Å²) >= 11 is 0. The molecular weight excluding hydrogens is 288 g/mol. The zero-order chi connectivity index (χ0) is 16.4. The van der Waals surface area contributed by atoms with E-state index < -0.39 is 0 Å². The quantitative estimate of drug-likeness (QED) is 0.803. The molecule has 0 radical (unpaired) electrons. The van der Waals surface area contributed by atoms with Crippen LogP contribution in [0.2, 0.25) is 0 Å². The van der Waals surface area contributed by atoms with Gasteiger partial charge in [-0.2, -0.15) is 0 Å². The molecule has 5 nitrogen and oxygen atoms in total. The maximum atomic E-state index is 12.8. The van der Waals surface area contributed by atoms with Crippen LogP contribution in [0, 0.1) is 6.92 Å². The number of aryl methyl sites for hydroxylation is 2. The smallest absolute Gasteiger partial charge is 0.258 e. The minimum Gasteiger partial charge on any atom is -0.368 e. The highest BCUT2D eigenvalue weighted by Crippen LogP contribution is 2.23. The monoisotopic (exact) mass is 308 g/mol. The number of benzene rings is 1. The summed E-state index contributed by atoms with van der Waals surface area (Å²) in [5.41, 5.74) is 9.04. The molecule has 2 N–H and O–H groups in total. The Morgan fingerprint density at radius 1 is 1.26 bits per heavy atom. The summed E-state index contributed by atoms with van der Waals surface area (Å²) in [6.07, 6.45) is 5.62. The van der Waals surface area contributed by atoms with Gasteiger partial charge in [0.15, 0.2) is 0 Å². The van der Waals surface area contributed by atoms with Gasteiger partial charge in [0.05, 0.1) is 11.1 Å². The van der Waals surface area contributed by atoms with Gasteiger partial charge in [0, 0.05) is 24.3 Å². The molecule has 3 rings (SSSR count). The fourth-order valence-corrected chi connectivity index (χ4v) is 2.72. The number of fused-ring (bicyclic) bond motifs is 1. The number of hydrogen-bond acceptors (Lipinski definition) is 4. The molecule has 0 aliphatic carbocycles. The van der Waals surface area contributed by atoms with Crippen LogP contribution in [0.4, 0.5) is 5.95 Å². The third-order valence-electron chi connectivity index (χ3n) is 4.01. The predicted octanol–water partition coefficient (Wildman–Crippen LogP) is 3.15. The molecule has 0 spiro atoms. The van der Waals surface area contributed by atoms with E-state index in [0.29, 0.717) is 0 Å². The van der Waals surface area contributed by atoms with Gasteiger partial charge in [0.25, 0.3) is 5.56 Å². The highest BCUT2D eigenvalue weighted by molar-refractivity contribution is 5.84. The molecule has 0 aliphatic heterocycles. The molecule has 2 heterocycles. The van der Waals surface area contributed by atoms with E-state index in [1.165, 1.54) is 0 Å². The van der Waals surface area contributed by atoms with Crippen LogP contribution in [-0.2, 0) is 6.54 Å². The van der Waals surface area contributed by atoms with Crippen molar-refractivity contribution < 1.29 is 0 Å². The molecule has 0 bridgehead atoms. The van der Waals surface area contributed by atoms with E-state index in [4.69, 9.17) is 5.73 Å². The Hall–Kier alpha value is -2.69. The van der Waals surface area contributed by atoms with Gasteiger partial charge >= 0.3 is 0 Å². The van der Waals surface area contributed by atoms with Crippen LogP contribution >= 0.6 is 0 Å². The molecule has 0 aliphatic rings. The van der Waals surface area contributed by atoms with Crippen LogP contribution in [0.15, 0.2) is 41.5 Å². The van der Waals surface area contributed by atoms with E-state index in [-0.39, 0.29) is 11.5 Å². The lowest BCUT2D eigenvalue weighted by Gasteiger charge is -2.11. The largest absolute Gasteiger partial charge is 0.368 e. The Kier molecular flexibility index (Phi) is 4.10. The van der Waals surface area contributed by atoms with E-state index >= 15 is 0 Å². The summed E-state index contributed by atoms with van der Waals surface area (Å²) in [5.74, 6) is 0.253. The van der Waals surface area contributed by atoms with Gasteiger partial charge in [0.1, 0.15) is 0 Å². The Morgan fingerprint density at radius 3 is 2.87 bits per heavy atom. The van der Waals surface area contributed by atoms with Crippen molar-refractivity contribution in [3.05, 3.63) is 52.6 Å². The van der Waals surface area contributed by atoms with Crippen molar-refractivity contribution in [3.8, 4) is 11.1 Å². The molecular formula is C18H20N4O. The van der Waals surface area contributed by atoms with E-state index in [1.807, 2.05) is 37.4 Å². The predicted molar refractivity (Wildman–Crippen MR) is 93.3 cm³/mol. The molecule has 23 heavy (non-hydrogen) atoms. The summed E-state index contributed by atoms with van der Waals surface area (Å²) in [7, 11) is 0. The number of nitrogens with two attached hydrogens (primary N) is 1. The third kappa shape index (κ3) is 2.95. The lowest BCUT2D eigenvalue weighted by Crippen LogP contribution is -2.22. The average Bonchev–Trinajstić information content (AvgIpc) is 2.54. The molecule has 5 heteroatoms. The fraction of sp³-hybridized carbons (Fsp3) is 0.278. The maximum Gasteiger partial charge on any atom is 0.258 e. The van der Waals surface area contributed by atoms with Gasteiger partial charge in [-0.05, 0) is 42.7 Å². The molecule has 0 atom stereocenters. The SMILES string of the molecule is CCCCn1ccc(C)c(-c2ccc3nc(N)ncc3c2)c1=O. The number of unbranched alkanes of at least 4 members (excludes halogenated alkanes) is 1. The van der Waals surface area contributed by atoms with Crippen molar-refractivity contribution >= 4 is 16.9 Å². The summed E-state index contributed by atoms with van der Waals surface area (Å²) in [6, 6.07) is 7.74. The number of anilines is 1. The number of hydrogen-bond donors (Lipinski definition) is 1. The molecule has 3 aromatic rings. The second kappa shape index (κ2) is 6.20. The van der Waals surface area contributed by atoms with Crippen molar-refractivity contribution in [2.45, 2.75) is 33.2 Å². The highest BCUT2D eigenvalue weighted by atomic mass is 16.1. The summed E-state index contributed by atoms with van der Waals surface area (Å²) in [4.78, 5) is 21.0. The number of pyridine rings is 1. The van der Waals surface area contributed by atoms with E-state index in [9.17, 15) is 4.79 Å².